The molecule has 6 heteroatoms. The quantitative estimate of drug-likeness (QED) is 0.442. The zero-order chi connectivity index (χ0) is 9.14. The third-order valence-corrected chi connectivity index (χ3v) is 1.69. The molecule has 0 aliphatic rings. The number of rotatable bonds is 2. The summed E-state index contributed by atoms with van der Waals surface area (Å²) in [6.07, 6.45) is 2.72. The van der Waals surface area contributed by atoms with Gasteiger partial charge in [-0.05, 0) is 6.07 Å². The van der Waals surface area contributed by atoms with Crippen LogP contribution < -0.4 is 3.93 Å². The van der Waals surface area contributed by atoms with E-state index < -0.39 is 4.92 Å². The van der Waals surface area contributed by atoms with Crippen molar-refractivity contribution in [3.05, 3.63) is 28.6 Å². The van der Waals surface area contributed by atoms with Gasteiger partial charge in [0.25, 0.3) is 0 Å². The Morgan fingerprint density at radius 2 is 2.42 bits per heavy atom. The Bertz CT molecular complexity index is 303. The van der Waals surface area contributed by atoms with Crippen molar-refractivity contribution in [2.24, 2.45) is 0 Å². The van der Waals surface area contributed by atoms with E-state index in [-0.39, 0.29) is 5.69 Å². The van der Waals surface area contributed by atoms with Crippen LogP contribution in [0.4, 0.5) is 11.4 Å². The minimum atomic E-state index is -0.472. The van der Waals surface area contributed by atoms with Crippen LogP contribution in [-0.4, -0.2) is 17.0 Å². The molecule has 0 fully saturated rings. The molecule has 1 rings (SSSR count). The molecule has 64 valence electrons. The topological polar surface area (TPSA) is 59.3 Å². The maximum atomic E-state index is 10.4. The Kier molecular flexibility index (Phi) is 2.59. The fraction of sp³-hybridized carbons (Fsp3) is 0.167. The van der Waals surface area contributed by atoms with Crippen molar-refractivity contribution in [3.8, 4) is 0 Å². The van der Waals surface area contributed by atoms with Crippen LogP contribution in [0.3, 0.4) is 0 Å². The van der Waals surface area contributed by atoms with Crippen LogP contribution in [-0.2, 0) is 0 Å². The monoisotopic (exact) mass is 231 g/mol. The lowest BCUT2D eigenvalue weighted by Crippen LogP contribution is -2.03. The molecule has 1 aromatic rings. The second-order valence-electron chi connectivity index (χ2n) is 2.10. The third-order valence-electron chi connectivity index (χ3n) is 1.31. The maximum Gasteiger partial charge on any atom is 0.311 e. The van der Waals surface area contributed by atoms with Crippen molar-refractivity contribution in [1.82, 2.24) is 4.98 Å². The Hall–Kier alpha value is -1.17. The summed E-state index contributed by atoms with van der Waals surface area (Å²) in [6.45, 7) is 0. The highest BCUT2D eigenvalue weighted by atomic mass is 79.9. The Morgan fingerprint density at radius 3 is 2.83 bits per heavy atom. The SMILES string of the molecule is CN(Br)c1ccncc1[N+](=O)[O-]. The van der Waals surface area contributed by atoms with Gasteiger partial charge in [-0.15, -0.1) is 0 Å². The first kappa shape index (κ1) is 8.92. The van der Waals surface area contributed by atoms with Crippen LogP contribution in [0.25, 0.3) is 0 Å². The molecule has 5 nitrogen and oxygen atoms in total. The van der Waals surface area contributed by atoms with Gasteiger partial charge in [-0.1, -0.05) is 0 Å². The van der Waals surface area contributed by atoms with Crippen LogP contribution in [0.15, 0.2) is 18.5 Å². The summed E-state index contributed by atoms with van der Waals surface area (Å²) in [5, 5.41) is 10.4. The predicted octanol–water partition coefficient (Wildman–Crippen LogP) is 1.74. The fourth-order valence-corrected chi connectivity index (χ4v) is 1.08. The molecule has 0 aliphatic carbocycles. The van der Waals surface area contributed by atoms with Crippen molar-refractivity contribution in [1.29, 1.82) is 0 Å². The zero-order valence-corrected chi connectivity index (χ0v) is 7.85. The summed E-state index contributed by atoms with van der Waals surface area (Å²) in [4.78, 5) is 13.6. The van der Waals surface area contributed by atoms with Gasteiger partial charge in [-0.3, -0.25) is 15.1 Å². The molecule has 0 atom stereocenters. The predicted molar refractivity (Wildman–Crippen MR) is 48.2 cm³/mol. The Morgan fingerprint density at radius 1 is 1.75 bits per heavy atom. The molecule has 1 heterocycles. The molecule has 0 saturated heterocycles. The van der Waals surface area contributed by atoms with E-state index in [0.717, 1.165) is 0 Å². The molecule has 0 aromatic carbocycles. The van der Waals surface area contributed by atoms with E-state index in [0.29, 0.717) is 5.69 Å². The zero-order valence-electron chi connectivity index (χ0n) is 6.27. The van der Waals surface area contributed by atoms with Crippen molar-refractivity contribution in [3.63, 3.8) is 0 Å². The fourth-order valence-electron chi connectivity index (χ4n) is 0.780. The molecule has 0 N–H and O–H groups in total. The summed E-state index contributed by atoms with van der Waals surface area (Å²) in [7, 11) is 1.67. The van der Waals surface area contributed by atoms with E-state index in [1.165, 1.54) is 16.3 Å². The maximum absolute atomic E-state index is 10.4. The number of nitro groups is 1. The smallest absolute Gasteiger partial charge is 0.306 e. The molecule has 0 spiro atoms. The lowest BCUT2D eigenvalue weighted by Gasteiger charge is -2.08. The molecule has 0 saturated carbocycles. The molecular formula is C6H6BrN3O2. The Labute approximate surface area is 77.5 Å². The number of anilines is 1. The number of hydrogen-bond donors (Lipinski definition) is 0. The highest BCUT2D eigenvalue weighted by Crippen LogP contribution is 2.26. The molecule has 0 bridgehead atoms. The van der Waals surface area contributed by atoms with E-state index in [4.69, 9.17) is 0 Å². The first-order chi connectivity index (χ1) is 5.63. The Balaban J connectivity index is 3.17. The average molecular weight is 232 g/mol. The largest absolute Gasteiger partial charge is 0.311 e. The van der Waals surface area contributed by atoms with Gasteiger partial charge in [0.05, 0.1) is 4.92 Å². The van der Waals surface area contributed by atoms with E-state index >= 15 is 0 Å². The van der Waals surface area contributed by atoms with Crippen LogP contribution in [0.2, 0.25) is 0 Å². The van der Waals surface area contributed by atoms with Gasteiger partial charge in [-0.25, -0.2) is 0 Å². The minimum Gasteiger partial charge on any atom is -0.306 e. The summed E-state index contributed by atoms with van der Waals surface area (Å²) >= 11 is 3.10. The summed E-state index contributed by atoms with van der Waals surface area (Å²) < 4.78 is 1.49. The van der Waals surface area contributed by atoms with Crippen molar-refractivity contribution in [2.45, 2.75) is 0 Å². The van der Waals surface area contributed by atoms with Crippen molar-refractivity contribution in [2.75, 3.05) is 11.0 Å². The number of nitrogens with zero attached hydrogens (tertiary/aromatic N) is 3. The molecule has 0 amide bonds. The average Bonchev–Trinajstić information content (AvgIpc) is 2.04. The molecule has 0 aliphatic heterocycles. The first-order valence-corrected chi connectivity index (χ1v) is 3.81. The van der Waals surface area contributed by atoms with Gasteiger partial charge in [-0.2, -0.15) is 0 Å². The number of aromatic nitrogens is 1. The second kappa shape index (κ2) is 3.48. The van der Waals surface area contributed by atoms with Crippen molar-refractivity contribution < 1.29 is 4.92 Å². The van der Waals surface area contributed by atoms with Crippen LogP contribution in [0.5, 0.6) is 0 Å². The lowest BCUT2D eigenvalue weighted by molar-refractivity contribution is -0.384. The third kappa shape index (κ3) is 1.70. The van der Waals surface area contributed by atoms with Gasteiger partial charge < -0.3 is 3.93 Å². The minimum absolute atomic E-state index is 0.0168. The van der Waals surface area contributed by atoms with E-state index in [9.17, 15) is 10.1 Å². The van der Waals surface area contributed by atoms with Crippen LogP contribution in [0, 0.1) is 10.1 Å². The van der Waals surface area contributed by atoms with E-state index in [1.807, 2.05) is 0 Å². The van der Waals surface area contributed by atoms with E-state index in [1.54, 1.807) is 13.1 Å². The normalized spacial score (nSPS) is 9.50. The van der Waals surface area contributed by atoms with Gasteiger partial charge in [0.2, 0.25) is 0 Å². The van der Waals surface area contributed by atoms with E-state index in [2.05, 4.69) is 21.1 Å². The summed E-state index contributed by atoms with van der Waals surface area (Å²) in [6, 6.07) is 1.56. The second-order valence-corrected chi connectivity index (χ2v) is 3.16. The van der Waals surface area contributed by atoms with Gasteiger partial charge >= 0.3 is 5.69 Å². The number of pyridine rings is 1. The van der Waals surface area contributed by atoms with Crippen LogP contribution >= 0.6 is 16.1 Å². The lowest BCUT2D eigenvalue weighted by atomic mass is 10.3. The van der Waals surface area contributed by atoms with Gasteiger partial charge in [0.1, 0.15) is 11.9 Å². The summed E-state index contributed by atoms with van der Waals surface area (Å²) in [5.74, 6) is 0. The summed E-state index contributed by atoms with van der Waals surface area (Å²) in [5.41, 5.74) is 0.465. The molecular weight excluding hydrogens is 226 g/mol. The highest BCUT2D eigenvalue weighted by molar-refractivity contribution is 9.10. The van der Waals surface area contributed by atoms with Gasteiger partial charge in [0, 0.05) is 29.4 Å². The number of hydrogen-bond acceptors (Lipinski definition) is 4. The molecule has 1 aromatic heterocycles. The van der Waals surface area contributed by atoms with Crippen molar-refractivity contribution >= 4 is 27.5 Å². The first-order valence-electron chi connectivity index (χ1n) is 3.11. The number of halogens is 1. The van der Waals surface area contributed by atoms with Crippen LogP contribution in [0.1, 0.15) is 0 Å². The van der Waals surface area contributed by atoms with Gasteiger partial charge in [0.15, 0.2) is 0 Å². The molecule has 0 radical (unpaired) electrons. The standard InChI is InChI=1S/C6H6BrN3O2/c1-9(7)5-2-3-8-4-6(5)10(11)12/h2-4H,1H3. The highest BCUT2D eigenvalue weighted by Gasteiger charge is 2.14. The molecule has 12 heavy (non-hydrogen) atoms. The molecule has 0 unspecified atom stereocenters.